The van der Waals surface area contributed by atoms with Gasteiger partial charge in [0.15, 0.2) is 9.84 Å². The first kappa shape index (κ1) is 32.1. The van der Waals surface area contributed by atoms with Gasteiger partial charge in [0.05, 0.1) is 28.2 Å². The SMILES string of the molecule is CN(c1ccccc1C(=O)Nc1ccc(S(=O)(=O)CCCCCCCNC(=O)OC(C)(C)C)cc1)S(C)(=O)=O. The van der Waals surface area contributed by atoms with E-state index in [2.05, 4.69) is 10.6 Å². The zero-order chi connectivity index (χ0) is 29.3. The highest BCUT2D eigenvalue weighted by Gasteiger charge is 2.20. The molecule has 0 aromatic heterocycles. The number of nitrogens with one attached hydrogen (secondary N) is 2. The number of nitrogens with zero attached hydrogens (tertiary/aromatic N) is 1. The fourth-order valence-electron chi connectivity index (χ4n) is 3.63. The molecular formula is C27H39N3O7S2. The van der Waals surface area contributed by atoms with Crippen molar-refractivity contribution in [3.63, 3.8) is 0 Å². The van der Waals surface area contributed by atoms with Crippen LogP contribution in [-0.2, 0) is 24.6 Å². The van der Waals surface area contributed by atoms with E-state index in [1.54, 1.807) is 32.9 Å². The maximum absolute atomic E-state index is 12.8. The van der Waals surface area contributed by atoms with Crippen LogP contribution in [0.25, 0.3) is 0 Å². The number of hydrogen-bond donors (Lipinski definition) is 2. The molecular weight excluding hydrogens is 542 g/mol. The summed E-state index contributed by atoms with van der Waals surface area (Å²) in [5, 5.41) is 5.39. The number of sulfone groups is 1. The molecule has 2 N–H and O–H groups in total. The summed E-state index contributed by atoms with van der Waals surface area (Å²) < 4.78 is 55.5. The number of anilines is 2. The number of benzene rings is 2. The van der Waals surface area contributed by atoms with Crippen LogP contribution in [0, 0.1) is 0 Å². The van der Waals surface area contributed by atoms with E-state index in [1.807, 2.05) is 0 Å². The monoisotopic (exact) mass is 581 g/mol. The number of para-hydroxylation sites is 1. The molecule has 0 aliphatic carbocycles. The van der Waals surface area contributed by atoms with Gasteiger partial charge in [-0.2, -0.15) is 0 Å². The Hall–Kier alpha value is -3.12. The van der Waals surface area contributed by atoms with Crippen LogP contribution < -0.4 is 14.9 Å². The standard InChI is InChI=1S/C27H39N3O7S2/c1-27(2,3)37-26(32)28-19-11-7-6-8-12-20-39(35,36)22-17-15-21(16-18-22)29-25(31)23-13-9-10-14-24(23)30(4)38(5,33)34/h9-10,13-18H,6-8,11-12,19-20H2,1-5H3,(H,28,32)(H,29,31). The molecule has 0 aliphatic heterocycles. The van der Waals surface area contributed by atoms with Gasteiger partial charge in [-0.25, -0.2) is 21.6 Å². The summed E-state index contributed by atoms with van der Waals surface area (Å²) in [7, 11) is -5.68. The highest BCUT2D eigenvalue weighted by atomic mass is 32.2. The number of carbonyl (C=O) groups excluding carboxylic acids is 2. The molecule has 0 unspecified atom stereocenters. The van der Waals surface area contributed by atoms with Gasteiger partial charge in [-0.3, -0.25) is 9.10 Å². The Morgan fingerprint density at radius 1 is 0.872 bits per heavy atom. The highest BCUT2D eigenvalue weighted by Crippen LogP contribution is 2.23. The van der Waals surface area contributed by atoms with Crippen LogP contribution in [-0.4, -0.2) is 60.0 Å². The van der Waals surface area contributed by atoms with Gasteiger partial charge < -0.3 is 15.4 Å². The molecule has 0 radical (unpaired) electrons. The fourth-order valence-corrected chi connectivity index (χ4v) is 5.52. The molecule has 0 heterocycles. The Morgan fingerprint density at radius 2 is 1.46 bits per heavy atom. The van der Waals surface area contributed by atoms with E-state index in [9.17, 15) is 26.4 Å². The number of amides is 2. The zero-order valence-electron chi connectivity index (χ0n) is 23.2. The third kappa shape index (κ3) is 10.9. The van der Waals surface area contributed by atoms with Crippen molar-refractivity contribution < 1.29 is 31.2 Å². The molecule has 39 heavy (non-hydrogen) atoms. The second kappa shape index (κ2) is 13.8. The lowest BCUT2D eigenvalue weighted by Crippen LogP contribution is -2.32. The van der Waals surface area contributed by atoms with Crippen molar-refractivity contribution >= 4 is 43.2 Å². The molecule has 0 fully saturated rings. The van der Waals surface area contributed by atoms with Crippen LogP contribution in [0.4, 0.5) is 16.2 Å². The zero-order valence-corrected chi connectivity index (χ0v) is 24.8. The Balaban J connectivity index is 1.82. The highest BCUT2D eigenvalue weighted by molar-refractivity contribution is 7.92. The largest absolute Gasteiger partial charge is 0.444 e. The summed E-state index contributed by atoms with van der Waals surface area (Å²) in [5.41, 5.74) is 0.254. The van der Waals surface area contributed by atoms with Crippen LogP contribution >= 0.6 is 0 Å². The Labute approximate surface area is 232 Å². The van der Waals surface area contributed by atoms with Crippen LogP contribution in [0.5, 0.6) is 0 Å². The number of hydrogen-bond acceptors (Lipinski definition) is 7. The predicted molar refractivity (Wildman–Crippen MR) is 153 cm³/mol. The van der Waals surface area contributed by atoms with E-state index in [1.165, 1.54) is 43.4 Å². The molecule has 2 amide bonds. The topological polar surface area (TPSA) is 139 Å². The lowest BCUT2D eigenvalue weighted by atomic mass is 10.1. The molecule has 0 saturated carbocycles. The second-order valence-electron chi connectivity index (χ2n) is 10.2. The van der Waals surface area contributed by atoms with Crippen molar-refractivity contribution in [1.29, 1.82) is 0 Å². The minimum atomic E-state index is -3.56. The molecule has 0 aliphatic rings. The maximum Gasteiger partial charge on any atom is 0.407 e. The second-order valence-corrected chi connectivity index (χ2v) is 14.4. The molecule has 2 aromatic rings. The maximum atomic E-state index is 12.8. The normalized spacial score (nSPS) is 12.0. The molecule has 0 spiro atoms. The number of alkyl carbamates (subject to hydrolysis) is 1. The number of carbonyl (C=O) groups is 2. The summed E-state index contributed by atoms with van der Waals surface area (Å²) in [6.45, 7) is 5.92. The van der Waals surface area contributed by atoms with E-state index in [0.717, 1.165) is 36.2 Å². The van der Waals surface area contributed by atoms with Crippen LogP contribution in [0.1, 0.15) is 63.2 Å². The third-order valence-electron chi connectivity index (χ3n) is 5.71. The van der Waals surface area contributed by atoms with Crippen molar-refractivity contribution in [3.8, 4) is 0 Å². The predicted octanol–water partition coefficient (Wildman–Crippen LogP) is 4.58. The van der Waals surface area contributed by atoms with Gasteiger partial charge in [0.2, 0.25) is 10.0 Å². The molecule has 10 nitrogen and oxygen atoms in total. The number of unbranched alkanes of at least 4 members (excludes halogenated alkanes) is 4. The Bertz CT molecular complexity index is 1330. The van der Waals surface area contributed by atoms with E-state index in [0.29, 0.717) is 18.7 Å². The van der Waals surface area contributed by atoms with Gasteiger partial charge >= 0.3 is 6.09 Å². The number of sulfonamides is 1. The van der Waals surface area contributed by atoms with Gasteiger partial charge in [0.25, 0.3) is 5.91 Å². The summed E-state index contributed by atoms with van der Waals surface area (Å²) in [5.74, 6) is -0.502. The Morgan fingerprint density at radius 3 is 2.08 bits per heavy atom. The summed E-state index contributed by atoms with van der Waals surface area (Å²) in [6.07, 6.45) is 4.39. The van der Waals surface area contributed by atoms with Gasteiger partial charge in [0.1, 0.15) is 5.60 Å². The van der Waals surface area contributed by atoms with E-state index in [-0.39, 0.29) is 21.9 Å². The van der Waals surface area contributed by atoms with E-state index in [4.69, 9.17) is 4.74 Å². The molecule has 216 valence electrons. The van der Waals surface area contributed by atoms with Crippen molar-refractivity contribution in [3.05, 3.63) is 54.1 Å². The lowest BCUT2D eigenvalue weighted by molar-refractivity contribution is 0.0526. The van der Waals surface area contributed by atoms with Crippen molar-refractivity contribution in [2.24, 2.45) is 0 Å². The van der Waals surface area contributed by atoms with Crippen LogP contribution in [0.15, 0.2) is 53.4 Å². The smallest absolute Gasteiger partial charge is 0.407 e. The van der Waals surface area contributed by atoms with Gasteiger partial charge in [-0.1, -0.05) is 31.4 Å². The first-order chi connectivity index (χ1) is 18.1. The van der Waals surface area contributed by atoms with Crippen molar-refractivity contribution in [1.82, 2.24) is 5.32 Å². The summed E-state index contributed by atoms with van der Waals surface area (Å²) in [6, 6.07) is 12.2. The first-order valence-corrected chi connectivity index (χ1v) is 16.2. The number of ether oxygens (including phenoxy) is 1. The lowest BCUT2D eigenvalue weighted by Gasteiger charge is -2.19. The van der Waals surface area contributed by atoms with Crippen molar-refractivity contribution in [2.45, 2.75) is 63.4 Å². The van der Waals surface area contributed by atoms with Crippen molar-refractivity contribution in [2.75, 3.05) is 35.2 Å². The van der Waals surface area contributed by atoms with Gasteiger partial charge in [-0.15, -0.1) is 0 Å². The fraction of sp³-hybridized carbons (Fsp3) is 0.481. The molecule has 2 rings (SSSR count). The van der Waals surface area contributed by atoms with Gasteiger partial charge in [0, 0.05) is 19.3 Å². The molecule has 2 aromatic carbocycles. The summed E-state index contributed by atoms with van der Waals surface area (Å²) in [4.78, 5) is 24.6. The molecule has 12 heteroatoms. The molecule has 0 atom stereocenters. The average molecular weight is 582 g/mol. The number of rotatable bonds is 13. The van der Waals surface area contributed by atoms with E-state index >= 15 is 0 Å². The van der Waals surface area contributed by atoms with Crippen LogP contribution in [0.2, 0.25) is 0 Å². The van der Waals surface area contributed by atoms with Gasteiger partial charge in [-0.05, 0) is 70.0 Å². The Kier molecular flexibility index (Phi) is 11.3. The quantitative estimate of drug-likeness (QED) is 0.330. The minimum Gasteiger partial charge on any atom is -0.444 e. The first-order valence-electron chi connectivity index (χ1n) is 12.7. The van der Waals surface area contributed by atoms with Crippen LogP contribution in [0.3, 0.4) is 0 Å². The summed E-state index contributed by atoms with van der Waals surface area (Å²) >= 11 is 0. The van der Waals surface area contributed by atoms with E-state index < -0.39 is 37.5 Å². The molecule has 0 saturated heterocycles. The average Bonchev–Trinajstić information content (AvgIpc) is 2.83. The minimum absolute atomic E-state index is 0.0140. The molecule has 0 bridgehead atoms. The third-order valence-corrected chi connectivity index (χ3v) is 8.72.